The van der Waals surface area contributed by atoms with E-state index in [1.165, 1.54) is 13.1 Å². The average molecular weight is 535 g/mol. The molecule has 1 fully saturated rings. The maximum atomic E-state index is 14.4. The number of nitrogens with two attached hydrogens (primary N) is 2. The summed E-state index contributed by atoms with van der Waals surface area (Å²) >= 11 is 0. The Labute approximate surface area is 211 Å². The summed E-state index contributed by atoms with van der Waals surface area (Å²) in [5, 5.41) is 4.18. The van der Waals surface area contributed by atoms with Crippen molar-refractivity contribution in [3.63, 3.8) is 0 Å². The number of hydrogen-bond donors (Lipinski definition) is 2. The Balaban J connectivity index is 1.78. The number of carbonyl (C=O) groups excluding carboxylic acids is 1. The number of likely N-dealkylation sites (tertiary alicyclic amines) is 1. The van der Waals surface area contributed by atoms with Crippen molar-refractivity contribution in [3.8, 4) is 5.69 Å². The number of hydrogen-bond acceptors (Lipinski definition) is 6. The van der Waals surface area contributed by atoms with Gasteiger partial charge in [-0.2, -0.15) is 23.0 Å². The maximum Gasteiger partial charge on any atom is 0.449 e. The van der Waals surface area contributed by atoms with E-state index in [0.29, 0.717) is 29.9 Å². The second-order valence-electron chi connectivity index (χ2n) is 9.22. The number of imidazole rings is 1. The van der Waals surface area contributed by atoms with Crippen LogP contribution >= 0.6 is 0 Å². The molecular weight excluding hydrogens is 513 g/mol. The molecule has 2 aliphatic rings. The number of amides is 1. The van der Waals surface area contributed by atoms with Crippen LogP contribution in [0, 0.1) is 11.6 Å². The zero-order valence-electron chi connectivity index (χ0n) is 20.0. The predicted octanol–water partition coefficient (Wildman–Crippen LogP) is 0.471. The smallest absolute Gasteiger partial charge is 0.371 e. The number of rotatable bonds is 4. The lowest BCUT2D eigenvalue weighted by Gasteiger charge is -2.30. The Morgan fingerprint density at radius 1 is 1.18 bits per heavy atom. The molecular formula is C24H22F5N7O2. The number of aromatic nitrogens is 4. The van der Waals surface area contributed by atoms with E-state index in [-0.39, 0.29) is 28.7 Å². The number of nitrogens with zero attached hydrogens (tertiary/aromatic N) is 5. The van der Waals surface area contributed by atoms with E-state index in [9.17, 15) is 31.5 Å². The van der Waals surface area contributed by atoms with Gasteiger partial charge in [-0.1, -0.05) is 12.1 Å². The largest absolute Gasteiger partial charge is 0.449 e. The molecule has 1 aliphatic carbocycles. The van der Waals surface area contributed by atoms with E-state index in [2.05, 4.69) is 10.1 Å². The molecule has 0 saturated carbocycles. The molecule has 2 atom stereocenters. The number of alkyl halides is 3. The fraction of sp³-hybridized carbons (Fsp3) is 0.333. The van der Waals surface area contributed by atoms with Gasteiger partial charge < -0.3 is 20.9 Å². The summed E-state index contributed by atoms with van der Waals surface area (Å²) < 4.78 is 71.3. The number of para-hydroxylation sites is 1. The average Bonchev–Trinajstić information content (AvgIpc) is 3.42. The van der Waals surface area contributed by atoms with Crippen LogP contribution in [0.1, 0.15) is 40.5 Å². The molecule has 14 heteroatoms. The van der Waals surface area contributed by atoms with Gasteiger partial charge in [-0.15, -0.1) is 0 Å². The van der Waals surface area contributed by atoms with Gasteiger partial charge in [0.25, 0.3) is 11.5 Å². The van der Waals surface area contributed by atoms with Crippen LogP contribution in [0.15, 0.2) is 29.2 Å². The zero-order valence-corrected chi connectivity index (χ0v) is 20.0. The lowest BCUT2D eigenvalue weighted by molar-refractivity contribution is -0.146. The highest BCUT2D eigenvalue weighted by Gasteiger charge is 2.39. The van der Waals surface area contributed by atoms with Gasteiger partial charge in [-0.25, -0.2) is 13.8 Å². The number of benzene rings is 1. The lowest BCUT2D eigenvalue weighted by atomic mass is 9.87. The van der Waals surface area contributed by atoms with E-state index in [4.69, 9.17) is 11.5 Å². The molecule has 200 valence electrons. The molecule has 0 bridgehead atoms. The minimum Gasteiger partial charge on any atom is -0.371 e. The van der Waals surface area contributed by atoms with Crippen molar-refractivity contribution in [3.05, 3.63) is 74.0 Å². The molecule has 3 aromatic rings. The van der Waals surface area contributed by atoms with Crippen LogP contribution in [0.2, 0.25) is 0 Å². The van der Waals surface area contributed by atoms with Crippen LogP contribution < -0.4 is 27.7 Å². The summed E-state index contributed by atoms with van der Waals surface area (Å²) in [4.78, 5) is 31.5. The lowest BCUT2D eigenvalue weighted by Crippen LogP contribution is -2.43. The van der Waals surface area contributed by atoms with E-state index >= 15 is 0 Å². The van der Waals surface area contributed by atoms with Crippen LogP contribution in [-0.4, -0.2) is 49.3 Å². The van der Waals surface area contributed by atoms with Gasteiger partial charge in [-0.05, 0) is 30.5 Å². The molecule has 2 aromatic heterocycles. The van der Waals surface area contributed by atoms with Crippen molar-refractivity contribution in [1.82, 2.24) is 24.2 Å². The SMILES string of the molecule is Cn1c(C(F)(F)F)nc2c1=CCC(c1cnn(-c3c(F)cccc3F)c(=O)c1C(N)=O)C=2N1CC[C@H](N)C1. The topological polar surface area (TPSA) is 125 Å². The van der Waals surface area contributed by atoms with E-state index in [1.807, 2.05) is 0 Å². The van der Waals surface area contributed by atoms with E-state index in [1.54, 1.807) is 4.90 Å². The third-order valence-corrected chi connectivity index (χ3v) is 6.86. The molecule has 1 unspecified atom stereocenters. The minimum absolute atomic E-state index is 0.00656. The maximum absolute atomic E-state index is 14.4. The number of fused-ring (bicyclic) bond motifs is 1. The molecule has 1 aromatic carbocycles. The number of halogens is 5. The molecule has 1 amide bonds. The Morgan fingerprint density at radius 3 is 2.45 bits per heavy atom. The molecule has 0 radical (unpaired) electrons. The molecule has 0 spiro atoms. The monoisotopic (exact) mass is 535 g/mol. The van der Waals surface area contributed by atoms with Gasteiger partial charge in [0.15, 0.2) is 11.6 Å². The van der Waals surface area contributed by atoms with Crippen molar-refractivity contribution in [1.29, 1.82) is 0 Å². The molecule has 4 N–H and O–H groups in total. The molecule has 1 aliphatic heterocycles. The van der Waals surface area contributed by atoms with Gasteiger partial charge in [0.1, 0.15) is 16.6 Å². The zero-order chi connectivity index (χ0) is 27.5. The molecule has 9 nitrogen and oxygen atoms in total. The summed E-state index contributed by atoms with van der Waals surface area (Å²) in [6.45, 7) is 0.710. The molecule has 38 heavy (non-hydrogen) atoms. The van der Waals surface area contributed by atoms with Crippen molar-refractivity contribution in [2.24, 2.45) is 18.5 Å². The summed E-state index contributed by atoms with van der Waals surface area (Å²) in [6, 6.07) is 2.68. The van der Waals surface area contributed by atoms with Crippen LogP contribution in [0.5, 0.6) is 0 Å². The van der Waals surface area contributed by atoms with E-state index in [0.717, 1.165) is 29.0 Å². The number of primary amides is 1. The van der Waals surface area contributed by atoms with Gasteiger partial charge in [-0.3, -0.25) is 9.59 Å². The quantitative estimate of drug-likeness (QED) is 0.468. The molecule has 1 saturated heterocycles. The predicted molar refractivity (Wildman–Crippen MR) is 125 cm³/mol. The van der Waals surface area contributed by atoms with Gasteiger partial charge in [0.2, 0.25) is 5.82 Å². The first-order valence-corrected chi connectivity index (χ1v) is 11.6. The third-order valence-electron chi connectivity index (χ3n) is 6.86. The Hall–Kier alpha value is -4.07. The highest BCUT2D eigenvalue weighted by atomic mass is 19.4. The van der Waals surface area contributed by atoms with Crippen molar-refractivity contribution in [2.45, 2.75) is 31.0 Å². The van der Waals surface area contributed by atoms with Crippen LogP contribution in [0.25, 0.3) is 17.5 Å². The third kappa shape index (κ3) is 4.04. The van der Waals surface area contributed by atoms with E-state index < -0.39 is 52.3 Å². The summed E-state index contributed by atoms with van der Waals surface area (Å²) in [7, 11) is 1.25. The first-order chi connectivity index (χ1) is 17.9. The summed E-state index contributed by atoms with van der Waals surface area (Å²) in [5.41, 5.74) is 9.43. The Morgan fingerprint density at radius 2 is 1.87 bits per heavy atom. The second kappa shape index (κ2) is 9.04. The van der Waals surface area contributed by atoms with Crippen molar-refractivity contribution < 1.29 is 26.7 Å². The molecule has 5 rings (SSSR count). The van der Waals surface area contributed by atoms with Gasteiger partial charge in [0, 0.05) is 37.8 Å². The van der Waals surface area contributed by atoms with Crippen molar-refractivity contribution >= 4 is 17.7 Å². The summed E-state index contributed by atoms with van der Waals surface area (Å²) in [6.07, 6.45) is -1.49. The minimum atomic E-state index is -4.73. The Kier molecular flexibility index (Phi) is 6.09. The first-order valence-electron chi connectivity index (χ1n) is 11.6. The van der Waals surface area contributed by atoms with Gasteiger partial charge >= 0.3 is 6.18 Å². The first kappa shape index (κ1) is 25.6. The fourth-order valence-electron chi connectivity index (χ4n) is 5.17. The Bertz CT molecular complexity index is 1620. The normalized spacial score (nSPS) is 19.4. The molecule has 3 heterocycles. The second-order valence-corrected chi connectivity index (χ2v) is 9.22. The summed E-state index contributed by atoms with van der Waals surface area (Å²) in [5.74, 6) is -5.33. The van der Waals surface area contributed by atoms with Crippen molar-refractivity contribution in [2.75, 3.05) is 13.1 Å². The van der Waals surface area contributed by atoms with Gasteiger partial charge in [0.05, 0.1) is 11.5 Å². The highest BCUT2D eigenvalue weighted by Crippen LogP contribution is 2.35. The highest BCUT2D eigenvalue weighted by molar-refractivity contribution is 5.94. The number of carbonyl (C=O) groups is 1. The standard InChI is InChI=1S/C24H22F5N7O2/c1-34-16-6-5-12(19(35-8-7-11(30)10-35)18(16)33-23(34)24(27,28)29)13-9-32-36(22(38)17(13)21(31)37)20-14(25)3-2-4-15(20)26/h2-4,6,9,11-12H,5,7-8,10,30H2,1H3,(H2,31,37)/t11-,12?/m0/s1. The van der Waals surface area contributed by atoms with Crippen LogP contribution in [0.4, 0.5) is 22.0 Å². The van der Waals surface area contributed by atoms with Crippen LogP contribution in [-0.2, 0) is 13.2 Å². The van der Waals surface area contributed by atoms with Crippen LogP contribution in [0.3, 0.4) is 0 Å². The fourth-order valence-corrected chi connectivity index (χ4v) is 5.17.